The van der Waals surface area contributed by atoms with Crippen molar-refractivity contribution in [1.29, 1.82) is 0 Å². The number of hydrogen-bond acceptors (Lipinski definition) is 4. The smallest absolute Gasteiger partial charge is 0.313 e. The number of carbonyl (C=O) groups is 3. The molecule has 0 aliphatic carbocycles. The minimum atomic E-state index is -0.717. The molecule has 1 aliphatic heterocycles. The van der Waals surface area contributed by atoms with Crippen molar-refractivity contribution in [2.24, 2.45) is 11.7 Å². The number of pyridine rings is 1. The summed E-state index contributed by atoms with van der Waals surface area (Å²) in [7, 11) is 0. The van der Waals surface area contributed by atoms with Gasteiger partial charge in [0.05, 0.1) is 17.4 Å². The maximum absolute atomic E-state index is 12.2. The van der Waals surface area contributed by atoms with Gasteiger partial charge in [-0.3, -0.25) is 19.4 Å². The molecule has 7 nitrogen and oxygen atoms in total. The summed E-state index contributed by atoms with van der Waals surface area (Å²) >= 11 is 0. The largest absolute Gasteiger partial charge is 0.366 e. The number of aromatic nitrogens is 1. The van der Waals surface area contributed by atoms with Crippen molar-refractivity contribution in [2.45, 2.75) is 39.0 Å². The number of likely N-dealkylation sites (tertiary alicyclic amines) is 1. The van der Waals surface area contributed by atoms with Gasteiger partial charge in [-0.15, -0.1) is 0 Å². The van der Waals surface area contributed by atoms with Crippen LogP contribution in [0.25, 0.3) is 0 Å². The fourth-order valence-corrected chi connectivity index (χ4v) is 2.89. The predicted molar refractivity (Wildman–Crippen MR) is 90.2 cm³/mol. The molecule has 3 N–H and O–H groups in total. The van der Waals surface area contributed by atoms with Crippen LogP contribution < -0.4 is 11.1 Å². The summed E-state index contributed by atoms with van der Waals surface area (Å²) in [6.45, 7) is 3.39. The van der Waals surface area contributed by atoms with E-state index in [1.54, 1.807) is 4.90 Å². The first-order valence-electron chi connectivity index (χ1n) is 8.36. The van der Waals surface area contributed by atoms with Crippen LogP contribution in [0.15, 0.2) is 18.5 Å². The van der Waals surface area contributed by atoms with Gasteiger partial charge in [0.2, 0.25) is 5.91 Å². The van der Waals surface area contributed by atoms with Gasteiger partial charge in [0.1, 0.15) is 0 Å². The molecule has 1 aromatic rings. The van der Waals surface area contributed by atoms with Gasteiger partial charge in [0, 0.05) is 19.3 Å². The number of anilines is 1. The highest BCUT2D eigenvalue weighted by Gasteiger charge is 2.26. The minimum absolute atomic E-state index is 0.178. The molecule has 2 rings (SSSR count). The van der Waals surface area contributed by atoms with E-state index in [-0.39, 0.29) is 11.3 Å². The van der Waals surface area contributed by atoms with Gasteiger partial charge in [-0.2, -0.15) is 0 Å². The van der Waals surface area contributed by atoms with E-state index >= 15 is 0 Å². The Morgan fingerprint density at radius 3 is 2.62 bits per heavy atom. The van der Waals surface area contributed by atoms with Crippen LogP contribution in [0.1, 0.15) is 49.4 Å². The Bertz CT molecular complexity index is 610. The molecular formula is C17H24N4O3. The monoisotopic (exact) mass is 332 g/mol. The van der Waals surface area contributed by atoms with Crippen molar-refractivity contribution >= 4 is 23.4 Å². The number of nitrogens with zero attached hydrogens (tertiary/aromatic N) is 2. The molecular weight excluding hydrogens is 308 g/mol. The molecule has 0 bridgehead atoms. The molecule has 3 amide bonds. The predicted octanol–water partition coefficient (Wildman–Crippen LogP) is 1.55. The second kappa shape index (κ2) is 8.42. The zero-order chi connectivity index (χ0) is 17.5. The molecule has 1 saturated heterocycles. The van der Waals surface area contributed by atoms with Gasteiger partial charge < -0.3 is 16.0 Å². The Balaban J connectivity index is 1.88. The number of piperidine rings is 1. The molecule has 0 unspecified atom stereocenters. The van der Waals surface area contributed by atoms with E-state index < -0.39 is 17.7 Å². The fourth-order valence-electron chi connectivity index (χ4n) is 2.89. The molecule has 1 fully saturated rings. The Labute approximate surface area is 141 Å². The number of rotatable bonds is 5. The zero-order valence-electron chi connectivity index (χ0n) is 14.0. The van der Waals surface area contributed by atoms with Crippen LogP contribution in [0, 0.1) is 5.92 Å². The van der Waals surface area contributed by atoms with Crippen molar-refractivity contribution in [3.63, 3.8) is 0 Å². The van der Waals surface area contributed by atoms with Crippen molar-refractivity contribution in [3.8, 4) is 0 Å². The second-order valence-electron chi connectivity index (χ2n) is 6.16. The number of primary amides is 1. The molecule has 0 radical (unpaired) electrons. The normalized spacial score (nSPS) is 15.1. The summed E-state index contributed by atoms with van der Waals surface area (Å²) in [5, 5.41) is 2.48. The molecule has 1 aromatic heterocycles. The van der Waals surface area contributed by atoms with E-state index in [0.29, 0.717) is 19.0 Å². The molecule has 2 heterocycles. The maximum Gasteiger partial charge on any atom is 0.313 e. The quantitative estimate of drug-likeness (QED) is 0.798. The van der Waals surface area contributed by atoms with Gasteiger partial charge in [-0.05, 0) is 24.8 Å². The lowest BCUT2D eigenvalue weighted by Gasteiger charge is -2.31. The standard InChI is InChI=1S/C17H24N4O3/c1-2-3-4-12-5-7-21(8-6-12)17(24)16(23)20-14-9-13(15(18)22)10-19-11-14/h9-12H,2-8H2,1H3,(H2,18,22)(H,20,23). The summed E-state index contributed by atoms with van der Waals surface area (Å²) in [6.07, 6.45) is 8.14. The topological polar surface area (TPSA) is 105 Å². The SMILES string of the molecule is CCCCC1CCN(C(=O)C(=O)Nc2cncc(C(N)=O)c2)CC1. The number of nitrogens with two attached hydrogens (primary N) is 1. The number of hydrogen-bond donors (Lipinski definition) is 2. The summed E-state index contributed by atoms with van der Waals surface area (Å²) < 4.78 is 0. The van der Waals surface area contributed by atoms with E-state index in [1.807, 2.05) is 0 Å². The number of amides is 3. The van der Waals surface area contributed by atoms with Gasteiger partial charge in [-0.1, -0.05) is 26.2 Å². The summed E-state index contributed by atoms with van der Waals surface area (Å²) in [5.41, 5.74) is 5.63. The van der Waals surface area contributed by atoms with Crippen LogP contribution in [-0.2, 0) is 9.59 Å². The molecule has 0 saturated carbocycles. The number of unbranched alkanes of at least 4 members (excludes halogenated alkanes) is 1. The Hall–Kier alpha value is -2.44. The molecule has 0 aromatic carbocycles. The van der Waals surface area contributed by atoms with Crippen LogP contribution in [-0.4, -0.2) is 40.7 Å². The third-order valence-corrected chi connectivity index (χ3v) is 4.34. The number of carbonyl (C=O) groups excluding carboxylic acids is 3. The van der Waals surface area contributed by atoms with E-state index in [9.17, 15) is 14.4 Å². The summed E-state index contributed by atoms with van der Waals surface area (Å²) in [6, 6.07) is 1.40. The third kappa shape index (κ3) is 4.78. The average molecular weight is 332 g/mol. The number of nitrogens with one attached hydrogen (secondary N) is 1. The van der Waals surface area contributed by atoms with Gasteiger partial charge in [-0.25, -0.2) is 0 Å². The summed E-state index contributed by atoms with van der Waals surface area (Å²) in [5.74, 6) is -1.26. The van der Waals surface area contributed by atoms with Crippen molar-refractivity contribution < 1.29 is 14.4 Å². The Kier molecular flexibility index (Phi) is 6.28. The minimum Gasteiger partial charge on any atom is -0.366 e. The van der Waals surface area contributed by atoms with E-state index in [2.05, 4.69) is 17.2 Å². The zero-order valence-corrected chi connectivity index (χ0v) is 14.0. The Morgan fingerprint density at radius 2 is 2.00 bits per heavy atom. The average Bonchev–Trinajstić information content (AvgIpc) is 2.60. The lowest BCUT2D eigenvalue weighted by atomic mass is 9.91. The first-order chi connectivity index (χ1) is 11.5. The van der Waals surface area contributed by atoms with Crippen LogP contribution in [0.3, 0.4) is 0 Å². The molecule has 130 valence electrons. The highest BCUT2D eigenvalue weighted by molar-refractivity contribution is 6.39. The van der Waals surface area contributed by atoms with Crippen LogP contribution >= 0.6 is 0 Å². The van der Waals surface area contributed by atoms with Crippen molar-refractivity contribution in [1.82, 2.24) is 9.88 Å². The molecule has 7 heteroatoms. The van der Waals surface area contributed by atoms with E-state index in [0.717, 1.165) is 12.8 Å². The second-order valence-corrected chi connectivity index (χ2v) is 6.16. The lowest BCUT2D eigenvalue weighted by Crippen LogP contribution is -2.44. The van der Waals surface area contributed by atoms with Crippen molar-refractivity contribution in [3.05, 3.63) is 24.0 Å². The van der Waals surface area contributed by atoms with Crippen LogP contribution in [0.5, 0.6) is 0 Å². The lowest BCUT2D eigenvalue weighted by molar-refractivity contribution is -0.144. The summed E-state index contributed by atoms with van der Waals surface area (Å²) in [4.78, 5) is 40.9. The van der Waals surface area contributed by atoms with Gasteiger partial charge in [0.25, 0.3) is 0 Å². The molecule has 0 atom stereocenters. The van der Waals surface area contributed by atoms with Gasteiger partial charge >= 0.3 is 11.8 Å². The first-order valence-corrected chi connectivity index (χ1v) is 8.36. The maximum atomic E-state index is 12.2. The highest BCUT2D eigenvalue weighted by Crippen LogP contribution is 2.22. The third-order valence-electron chi connectivity index (χ3n) is 4.34. The van der Waals surface area contributed by atoms with Crippen molar-refractivity contribution in [2.75, 3.05) is 18.4 Å². The van der Waals surface area contributed by atoms with Crippen LogP contribution in [0.4, 0.5) is 5.69 Å². The Morgan fingerprint density at radius 1 is 1.29 bits per heavy atom. The highest BCUT2D eigenvalue weighted by atomic mass is 16.2. The fraction of sp³-hybridized carbons (Fsp3) is 0.529. The molecule has 24 heavy (non-hydrogen) atoms. The first kappa shape index (κ1) is 17.9. The molecule has 0 spiro atoms. The molecule has 1 aliphatic rings. The van der Waals surface area contributed by atoms with E-state index in [1.165, 1.54) is 37.7 Å². The van der Waals surface area contributed by atoms with Gasteiger partial charge in [0.15, 0.2) is 0 Å². The van der Waals surface area contributed by atoms with Crippen LogP contribution in [0.2, 0.25) is 0 Å². The van der Waals surface area contributed by atoms with E-state index in [4.69, 9.17) is 5.73 Å².